The van der Waals surface area contributed by atoms with Crippen molar-refractivity contribution in [3.05, 3.63) is 35.6 Å². The van der Waals surface area contributed by atoms with Crippen molar-refractivity contribution < 1.29 is 9.60 Å². The molecule has 0 aliphatic heterocycles. The second kappa shape index (κ2) is 6.07. The molecule has 0 amide bonds. The Hall–Kier alpha value is -1.62. The van der Waals surface area contributed by atoms with Crippen LogP contribution in [0, 0.1) is 5.82 Å². The molecule has 4 nitrogen and oxygen atoms in total. The first-order valence-electron chi connectivity index (χ1n) is 5.09. The van der Waals surface area contributed by atoms with Gasteiger partial charge < -0.3 is 10.9 Å². The van der Waals surface area contributed by atoms with Crippen molar-refractivity contribution in [1.82, 2.24) is 4.90 Å². The van der Waals surface area contributed by atoms with E-state index in [1.54, 1.807) is 18.2 Å². The van der Waals surface area contributed by atoms with Crippen LogP contribution < -0.4 is 5.73 Å². The molecule has 1 rings (SSSR count). The fraction of sp³-hybridized carbons (Fsp3) is 0.364. The first kappa shape index (κ1) is 12.4. The molecule has 0 bridgehead atoms. The van der Waals surface area contributed by atoms with Crippen LogP contribution in [0.1, 0.15) is 12.5 Å². The molecular weight excluding hydrogens is 209 g/mol. The van der Waals surface area contributed by atoms with Crippen LogP contribution in [-0.4, -0.2) is 29.0 Å². The molecule has 0 fully saturated rings. The number of likely N-dealkylation sites (N-methyl/N-ethyl adjacent to an activating group) is 1. The molecule has 3 N–H and O–H groups in total. The average Bonchev–Trinajstić information content (AvgIpc) is 2.30. The molecule has 0 saturated carbocycles. The normalized spacial score (nSPS) is 12.1. The maximum atomic E-state index is 13.4. The van der Waals surface area contributed by atoms with Crippen LogP contribution in [0.4, 0.5) is 4.39 Å². The summed E-state index contributed by atoms with van der Waals surface area (Å²) in [5.74, 6) is -0.112. The van der Waals surface area contributed by atoms with Gasteiger partial charge in [0.25, 0.3) is 0 Å². The van der Waals surface area contributed by atoms with Gasteiger partial charge in [-0.05, 0) is 12.6 Å². The van der Waals surface area contributed by atoms with E-state index < -0.39 is 0 Å². The van der Waals surface area contributed by atoms with Gasteiger partial charge in [-0.1, -0.05) is 30.3 Å². The lowest BCUT2D eigenvalue weighted by atomic mass is 10.2. The molecular formula is C11H16FN3O. The summed E-state index contributed by atoms with van der Waals surface area (Å²) in [5, 5.41) is 11.4. The van der Waals surface area contributed by atoms with Gasteiger partial charge in [0.05, 0.1) is 6.54 Å². The third kappa shape index (κ3) is 3.51. The number of halogens is 1. The smallest absolute Gasteiger partial charge is 0.153 e. The molecule has 0 aliphatic carbocycles. The van der Waals surface area contributed by atoms with E-state index in [0.29, 0.717) is 25.2 Å². The van der Waals surface area contributed by atoms with Gasteiger partial charge in [-0.2, -0.15) is 0 Å². The highest BCUT2D eigenvalue weighted by atomic mass is 19.1. The lowest BCUT2D eigenvalue weighted by Crippen LogP contribution is -2.33. The first-order chi connectivity index (χ1) is 7.67. The molecule has 0 atom stereocenters. The van der Waals surface area contributed by atoms with E-state index in [0.717, 1.165) is 0 Å². The minimum Gasteiger partial charge on any atom is -0.409 e. The van der Waals surface area contributed by atoms with Crippen molar-refractivity contribution in [2.45, 2.75) is 13.5 Å². The van der Waals surface area contributed by atoms with E-state index in [-0.39, 0.29) is 11.7 Å². The monoisotopic (exact) mass is 225 g/mol. The topological polar surface area (TPSA) is 61.8 Å². The highest BCUT2D eigenvalue weighted by molar-refractivity contribution is 5.81. The van der Waals surface area contributed by atoms with E-state index in [4.69, 9.17) is 10.9 Å². The summed E-state index contributed by atoms with van der Waals surface area (Å²) in [5.41, 5.74) is 6.01. The minimum atomic E-state index is -0.236. The summed E-state index contributed by atoms with van der Waals surface area (Å²) in [6.07, 6.45) is 0. The second-order valence-electron chi connectivity index (χ2n) is 3.49. The molecule has 1 aromatic carbocycles. The molecule has 16 heavy (non-hydrogen) atoms. The Morgan fingerprint density at radius 1 is 1.50 bits per heavy atom. The number of hydrogen-bond acceptors (Lipinski definition) is 3. The maximum absolute atomic E-state index is 13.4. The number of benzene rings is 1. The second-order valence-corrected chi connectivity index (χ2v) is 3.49. The lowest BCUT2D eigenvalue weighted by molar-refractivity contribution is 0.292. The zero-order chi connectivity index (χ0) is 12.0. The van der Waals surface area contributed by atoms with Crippen molar-refractivity contribution in [1.29, 1.82) is 0 Å². The molecule has 0 aromatic heterocycles. The zero-order valence-electron chi connectivity index (χ0n) is 9.23. The van der Waals surface area contributed by atoms with E-state index in [1.165, 1.54) is 6.07 Å². The number of nitrogens with zero attached hydrogens (tertiary/aromatic N) is 2. The van der Waals surface area contributed by atoms with Crippen molar-refractivity contribution in [2.24, 2.45) is 10.9 Å². The third-order valence-electron chi connectivity index (χ3n) is 2.31. The van der Waals surface area contributed by atoms with E-state index in [9.17, 15) is 4.39 Å². The molecule has 0 spiro atoms. The van der Waals surface area contributed by atoms with Crippen molar-refractivity contribution >= 4 is 5.84 Å². The third-order valence-corrected chi connectivity index (χ3v) is 2.31. The number of rotatable bonds is 5. The number of oxime groups is 1. The quantitative estimate of drug-likeness (QED) is 0.344. The van der Waals surface area contributed by atoms with Gasteiger partial charge >= 0.3 is 0 Å². The van der Waals surface area contributed by atoms with Crippen LogP contribution in [-0.2, 0) is 6.54 Å². The predicted octanol–water partition coefficient (Wildman–Crippen LogP) is 1.39. The fourth-order valence-electron chi connectivity index (χ4n) is 1.41. The van der Waals surface area contributed by atoms with Gasteiger partial charge in [-0.25, -0.2) is 4.39 Å². The lowest BCUT2D eigenvalue weighted by Gasteiger charge is -2.19. The molecule has 0 aliphatic rings. The predicted molar refractivity (Wildman–Crippen MR) is 60.8 cm³/mol. The summed E-state index contributed by atoms with van der Waals surface area (Å²) >= 11 is 0. The first-order valence-corrected chi connectivity index (χ1v) is 5.09. The molecule has 0 heterocycles. The Bertz CT molecular complexity index is 368. The number of hydrogen-bond donors (Lipinski definition) is 2. The SMILES string of the molecule is CCN(CC(N)=NO)Cc1ccccc1F. The van der Waals surface area contributed by atoms with Crippen LogP contribution in [0.3, 0.4) is 0 Å². The molecule has 5 heteroatoms. The Balaban J connectivity index is 2.67. The van der Waals surface area contributed by atoms with Crippen LogP contribution in [0.15, 0.2) is 29.4 Å². The Kier molecular flexibility index (Phi) is 4.72. The minimum absolute atomic E-state index is 0.123. The largest absolute Gasteiger partial charge is 0.409 e. The maximum Gasteiger partial charge on any atom is 0.153 e. The van der Waals surface area contributed by atoms with Gasteiger partial charge in [0.15, 0.2) is 5.84 Å². The molecule has 0 saturated heterocycles. The average molecular weight is 225 g/mol. The van der Waals surface area contributed by atoms with Gasteiger partial charge in [-0.3, -0.25) is 4.90 Å². The standard InChI is InChI=1S/C11H16FN3O/c1-2-15(8-11(13)14-16)7-9-5-3-4-6-10(9)12/h3-6,16H,2,7-8H2,1H3,(H2,13,14). The number of nitrogens with two attached hydrogens (primary N) is 1. The van der Waals surface area contributed by atoms with E-state index in [2.05, 4.69) is 5.16 Å². The highest BCUT2D eigenvalue weighted by Gasteiger charge is 2.08. The van der Waals surface area contributed by atoms with Gasteiger partial charge in [0.1, 0.15) is 5.82 Å². The van der Waals surface area contributed by atoms with E-state index >= 15 is 0 Å². The van der Waals surface area contributed by atoms with Crippen LogP contribution in [0.25, 0.3) is 0 Å². The van der Waals surface area contributed by atoms with E-state index in [1.807, 2.05) is 11.8 Å². The van der Waals surface area contributed by atoms with Gasteiger partial charge in [-0.15, -0.1) is 0 Å². The fourth-order valence-corrected chi connectivity index (χ4v) is 1.41. The Morgan fingerprint density at radius 2 is 2.19 bits per heavy atom. The summed E-state index contributed by atoms with van der Waals surface area (Å²) in [6.45, 7) is 3.40. The molecule has 1 aromatic rings. The molecule has 0 radical (unpaired) electrons. The number of amidine groups is 1. The van der Waals surface area contributed by atoms with Crippen LogP contribution in [0.2, 0.25) is 0 Å². The summed E-state index contributed by atoms with van der Waals surface area (Å²) in [7, 11) is 0. The van der Waals surface area contributed by atoms with Crippen LogP contribution in [0.5, 0.6) is 0 Å². The zero-order valence-corrected chi connectivity index (χ0v) is 9.23. The Morgan fingerprint density at radius 3 is 2.75 bits per heavy atom. The summed E-state index contributed by atoms with van der Waals surface area (Å²) < 4.78 is 13.4. The van der Waals surface area contributed by atoms with Crippen molar-refractivity contribution in [3.8, 4) is 0 Å². The molecule has 0 unspecified atom stereocenters. The van der Waals surface area contributed by atoms with Gasteiger partial charge in [0, 0.05) is 12.1 Å². The van der Waals surface area contributed by atoms with Crippen LogP contribution >= 0.6 is 0 Å². The Labute approximate surface area is 94.2 Å². The summed E-state index contributed by atoms with van der Waals surface area (Å²) in [4.78, 5) is 1.88. The van der Waals surface area contributed by atoms with Crippen molar-refractivity contribution in [3.63, 3.8) is 0 Å². The van der Waals surface area contributed by atoms with Crippen molar-refractivity contribution in [2.75, 3.05) is 13.1 Å². The molecule has 88 valence electrons. The summed E-state index contributed by atoms with van der Waals surface area (Å²) in [6, 6.07) is 6.59. The highest BCUT2D eigenvalue weighted by Crippen LogP contribution is 2.09. The van der Waals surface area contributed by atoms with Gasteiger partial charge in [0.2, 0.25) is 0 Å².